The third-order valence-corrected chi connectivity index (χ3v) is 4.27. The first-order chi connectivity index (χ1) is 11.5. The van der Waals surface area contributed by atoms with Crippen molar-refractivity contribution in [2.45, 2.75) is 13.0 Å². The molecule has 0 saturated carbocycles. The fraction of sp³-hybridized carbons (Fsp3) is 0.263. The number of methoxy groups -OCH3 is 2. The van der Waals surface area contributed by atoms with E-state index < -0.39 is 0 Å². The predicted molar refractivity (Wildman–Crippen MR) is 92.7 cm³/mol. The second kappa shape index (κ2) is 6.53. The summed E-state index contributed by atoms with van der Waals surface area (Å²) >= 11 is 0. The van der Waals surface area contributed by atoms with Gasteiger partial charge in [0.15, 0.2) is 11.5 Å². The van der Waals surface area contributed by atoms with Crippen LogP contribution in [0.5, 0.6) is 11.5 Å². The molecule has 1 atom stereocenters. The number of benzene rings is 2. The summed E-state index contributed by atoms with van der Waals surface area (Å²) in [6.45, 7) is 2.04. The number of likely N-dealkylation sites (N-methyl/N-ethyl adjacent to an activating group) is 1. The summed E-state index contributed by atoms with van der Waals surface area (Å²) in [7, 11) is 5.27. The van der Waals surface area contributed by atoms with Crippen molar-refractivity contribution in [2.24, 2.45) is 0 Å². The first-order valence-electron chi connectivity index (χ1n) is 7.74. The molecule has 1 aliphatic heterocycles. The zero-order chi connectivity index (χ0) is 17.3. The largest absolute Gasteiger partial charge is 0.493 e. The Labute approximate surface area is 141 Å². The van der Waals surface area contributed by atoms with Gasteiger partial charge >= 0.3 is 0 Å². The highest BCUT2D eigenvalue weighted by Gasteiger charge is 2.29. The molecule has 1 heterocycles. The van der Waals surface area contributed by atoms with Gasteiger partial charge in [-0.1, -0.05) is 6.07 Å². The molecule has 0 aliphatic carbocycles. The molecule has 4 nitrogen and oxygen atoms in total. The monoisotopic (exact) mass is 328 g/mol. The molecule has 2 aromatic carbocycles. The van der Waals surface area contributed by atoms with Crippen molar-refractivity contribution in [3.8, 4) is 11.5 Å². The van der Waals surface area contributed by atoms with Gasteiger partial charge in [0.2, 0.25) is 0 Å². The Morgan fingerprint density at radius 2 is 1.62 bits per heavy atom. The van der Waals surface area contributed by atoms with Crippen LogP contribution in [0.1, 0.15) is 18.5 Å². The molecule has 24 heavy (non-hydrogen) atoms. The van der Waals surface area contributed by atoms with Crippen LogP contribution in [-0.4, -0.2) is 26.3 Å². The molecule has 0 saturated heterocycles. The molecule has 0 amide bonds. The van der Waals surface area contributed by atoms with Crippen molar-refractivity contribution in [3.63, 3.8) is 0 Å². The highest BCUT2D eigenvalue weighted by Crippen LogP contribution is 2.38. The zero-order valence-corrected chi connectivity index (χ0v) is 14.3. The van der Waals surface area contributed by atoms with E-state index in [1.54, 1.807) is 26.4 Å². The highest BCUT2D eigenvalue weighted by molar-refractivity contribution is 5.54. The second-order valence-corrected chi connectivity index (χ2v) is 5.73. The number of anilines is 1. The molecule has 126 valence electrons. The van der Waals surface area contributed by atoms with Gasteiger partial charge in [-0.2, -0.15) is 0 Å². The predicted octanol–water partition coefficient (Wildman–Crippen LogP) is 4.15. The highest BCUT2D eigenvalue weighted by atomic mass is 19.1. The number of nitrogens with zero attached hydrogens (tertiary/aromatic N) is 2. The molecule has 5 heteroatoms. The van der Waals surface area contributed by atoms with Crippen LogP contribution in [0.15, 0.2) is 54.2 Å². The minimum absolute atomic E-state index is 0.0647. The van der Waals surface area contributed by atoms with Crippen molar-refractivity contribution >= 4 is 5.69 Å². The van der Waals surface area contributed by atoms with Crippen molar-refractivity contribution in [1.29, 1.82) is 0 Å². The van der Waals surface area contributed by atoms with Gasteiger partial charge in [0.1, 0.15) is 5.82 Å². The fourth-order valence-electron chi connectivity index (χ4n) is 3.10. The molecular formula is C19H21FN2O2. The van der Waals surface area contributed by atoms with E-state index in [-0.39, 0.29) is 11.9 Å². The summed E-state index contributed by atoms with van der Waals surface area (Å²) < 4.78 is 23.9. The van der Waals surface area contributed by atoms with E-state index in [0.29, 0.717) is 11.5 Å². The number of hydrogen-bond acceptors (Lipinski definition) is 4. The Bertz CT molecular complexity index is 758. The maximum absolute atomic E-state index is 13.2. The normalized spacial score (nSPS) is 17.8. The van der Waals surface area contributed by atoms with Crippen LogP contribution in [-0.2, 0) is 0 Å². The van der Waals surface area contributed by atoms with Gasteiger partial charge in [-0.15, -0.1) is 0 Å². The van der Waals surface area contributed by atoms with E-state index in [1.165, 1.54) is 12.1 Å². The maximum Gasteiger partial charge on any atom is 0.161 e. The van der Waals surface area contributed by atoms with E-state index in [2.05, 4.69) is 16.1 Å². The summed E-state index contributed by atoms with van der Waals surface area (Å²) in [6.07, 6.45) is 2.17. The van der Waals surface area contributed by atoms with Crippen LogP contribution in [0.2, 0.25) is 0 Å². The van der Waals surface area contributed by atoms with Crippen LogP contribution in [0.3, 0.4) is 0 Å². The molecule has 3 rings (SSSR count). The molecule has 2 aromatic rings. The topological polar surface area (TPSA) is 24.9 Å². The minimum Gasteiger partial charge on any atom is -0.493 e. The lowest BCUT2D eigenvalue weighted by atomic mass is 10.1. The van der Waals surface area contributed by atoms with Crippen molar-refractivity contribution < 1.29 is 13.9 Å². The average Bonchev–Trinajstić information content (AvgIpc) is 2.89. The third kappa shape index (κ3) is 2.83. The molecule has 1 unspecified atom stereocenters. The number of halogens is 1. The Kier molecular flexibility index (Phi) is 4.44. The number of hydrogen-bond donors (Lipinski definition) is 0. The Hall–Kier alpha value is -2.53. The van der Waals surface area contributed by atoms with Crippen LogP contribution < -0.4 is 14.5 Å². The zero-order valence-electron chi connectivity index (χ0n) is 14.3. The number of rotatable bonds is 4. The first-order valence-corrected chi connectivity index (χ1v) is 7.74. The van der Waals surface area contributed by atoms with Gasteiger partial charge in [0.05, 0.1) is 25.9 Å². The molecule has 0 spiro atoms. The molecule has 0 radical (unpaired) electrons. The molecule has 0 bridgehead atoms. The van der Waals surface area contributed by atoms with Crippen LogP contribution in [0.25, 0.3) is 0 Å². The van der Waals surface area contributed by atoms with Gasteiger partial charge in [0, 0.05) is 12.7 Å². The van der Waals surface area contributed by atoms with Crippen molar-refractivity contribution in [3.05, 3.63) is 65.6 Å². The molecule has 0 aromatic heterocycles. The Morgan fingerprint density at radius 1 is 0.958 bits per heavy atom. The summed E-state index contributed by atoms with van der Waals surface area (Å²) in [4.78, 5) is 0. The van der Waals surface area contributed by atoms with E-state index >= 15 is 0 Å². The number of hydrazine groups is 1. The maximum atomic E-state index is 13.2. The summed E-state index contributed by atoms with van der Waals surface area (Å²) in [5, 5.41) is 4.19. The number of ether oxygens (including phenoxy) is 2. The number of allylic oxidation sites excluding steroid dienone is 1. The SMILES string of the molecule is COc1ccc(C2C=C(C)N(c3ccc(F)cc3)N2C)cc1OC. The van der Waals surface area contributed by atoms with Crippen LogP contribution >= 0.6 is 0 Å². The third-order valence-electron chi connectivity index (χ3n) is 4.27. The first kappa shape index (κ1) is 16.3. The van der Waals surface area contributed by atoms with Gasteiger partial charge in [-0.05, 0) is 55.0 Å². The fourth-order valence-corrected chi connectivity index (χ4v) is 3.10. The minimum atomic E-state index is -0.237. The van der Waals surface area contributed by atoms with Crippen LogP contribution in [0.4, 0.5) is 10.1 Å². The summed E-state index contributed by atoms with van der Waals surface area (Å²) in [5.74, 6) is 1.17. The Balaban J connectivity index is 1.92. The lowest BCUT2D eigenvalue weighted by Crippen LogP contribution is -2.35. The van der Waals surface area contributed by atoms with Crippen molar-refractivity contribution in [1.82, 2.24) is 5.01 Å². The average molecular weight is 328 g/mol. The van der Waals surface area contributed by atoms with E-state index in [0.717, 1.165) is 16.9 Å². The van der Waals surface area contributed by atoms with E-state index in [4.69, 9.17) is 9.47 Å². The molecule has 0 N–H and O–H groups in total. The lowest BCUT2D eigenvalue weighted by molar-refractivity contribution is 0.304. The molecule has 0 fully saturated rings. The van der Waals surface area contributed by atoms with Crippen LogP contribution in [0, 0.1) is 5.82 Å². The van der Waals surface area contributed by atoms with Crippen molar-refractivity contribution in [2.75, 3.05) is 26.3 Å². The smallest absolute Gasteiger partial charge is 0.161 e. The lowest BCUT2D eigenvalue weighted by Gasteiger charge is -2.32. The second-order valence-electron chi connectivity index (χ2n) is 5.73. The summed E-state index contributed by atoms with van der Waals surface area (Å²) in [6, 6.07) is 12.5. The van der Waals surface area contributed by atoms with E-state index in [9.17, 15) is 4.39 Å². The van der Waals surface area contributed by atoms with Gasteiger partial charge in [0.25, 0.3) is 0 Å². The quantitative estimate of drug-likeness (QED) is 0.841. The standard InChI is InChI=1S/C19H21FN2O2/c1-13-11-17(14-5-10-18(23-3)19(12-14)24-4)21(2)22(13)16-8-6-15(20)7-9-16/h5-12,17H,1-4H3. The molecular weight excluding hydrogens is 307 g/mol. The van der Waals surface area contributed by atoms with Gasteiger partial charge in [-0.3, -0.25) is 5.01 Å². The molecule has 1 aliphatic rings. The Morgan fingerprint density at radius 3 is 2.25 bits per heavy atom. The summed E-state index contributed by atoms with van der Waals surface area (Å²) in [5.41, 5.74) is 3.11. The van der Waals surface area contributed by atoms with Gasteiger partial charge in [-0.25, -0.2) is 9.40 Å². The van der Waals surface area contributed by atoms with Gasteiger partial charge < -0.3 is 9.47 Å². The van der Waals surface area contributed by atoms with E-state index in [1.807, 2.05) is 32.2 Å².